The van der Waals surface area contributed by atoms with Crippen molar-refractivity contribution in [3.05, 3.63) is 59.2 Å². The van der Waals surface area contributed by atoms with E-state index in [-0.39, 0.29) is 5.54 Å². The van der Waals surface area contributed by atoms with Crippen molar-refractivity contribution >= 4 is 5.69 Å². The van der Waals surface area contributed by atoms with E-state index >= 15 is 0 Å². The van der Waals surface area contributed by atoms with Crippen LogP contribution in [0.15, 0.2) is 42.5 Å². The fraction of sp³-hybridized carbons (Fsp3) is 0.556. The maximum atomic E-state index is 10.2. The van der Waals surface area contributed by atoms with Crippen molar-refractivity contribution in [2.24, 2.45) is 0 Å². The Morgan fingerprint density at radius 1 is 0.933 bits per heavy atom. The minimum Gasteiger partial charge on any atom is -0.508 e. The van der Waals surface area contributed by atoms with Crippen molar-refractivity contribution in [1.82, 2.24) is 4.90 Å². The number of anilines is 1. The zero-order valence-corrected chi connectivity index (χ0v) is 19.6. The summed E-state index contributed by atoms with van der Waals surface area (Å²) in [4.78, 5) is 5.20. The molecule has 3 heteroatoms. The average Bonchev–Trinajstić information content (AvgIpc) is 2.71. The maximum absolute atomic E-state index is 10.2. The molecule has 0 amide bonds. The lowest BCUT2D eigenvalue weighted by molar-refractivity contribution is 0.0654. The molecule has 2 aromatic rings. The van der Waals surface area contributed by atoms with Crippen LogP contribution in [-0.4, -0.2) is 36.2 Å². The molecule has 0 atom stereocenters. The molecule has 1 aliphatic rings. The third-order valence-corrected chi connectivity index (χ3v) is 6.90. The largest absolute Gasteiger partial charge is 0.508 e. The van der Waals surface area contributed by atoms with E-state index in [1.165, 1.54) is 35.2 Å². The van der Waals surface area contributed by atoms with Gasteiger partial charge in [-0.3, -0.25) is 4.90 Å². The van der Waals surface area contributed by atoms with Crippen molar-refractivity contribution < 1.29 is 5.11 Å². The molecule has 0 aromatic heterocycles. The van der Waals surface area contributed by atoms with Gasteiger partial charge < -0.3 is 10.0 Å². The summed E-state index contributed by atoms with van der Waals surface area (Å²) in [6.45, 7) is 11.1. The van der Waals surface area contributed by atoms with Gasteiger partial charge >= 0.3 is 0 Å². The lowest BCUT2D eigenvalue weighted by Crippen LogP contribution is -2.50. The van der Waals surface area contributed by atoms with Crippen LogP contribution in [0.4, 0.5) is 5.69 Å². The summed E-state index contributed by atoms with van der Waals surface area (Å²) >= 11 is 0. The molecular weight excluding hydrogens is 368 g/mol. The summed E-state index contributed by atoms with van der Waals surface area (Å²) in [6.07, 6.45) is 6.92. The van der Waals surface area contributed by atoms with Crippen LogP contribution < -0.4 is 4.90 Å². The predicted molar refractivity (Wildman–Crippen MR) is 129 cm³/mol. The van der Waals surface area contributed by atoms with E-state index in [0.717, 1.165) is 38.8 Å². The van der Waals surface area contributed by atoms with Gasteiger partial charge in [-0.1, -0.05) is 32.0 Å². The monoisotopic (exact) mass is 408 g/mol. The molecule has 0 aliphatic heterocycles. The van der Waals surface area contributed by atoms with E-state index in [2.05, 4.69) is 68.8 Å². The van der Waals surface area contributed by atoms with Crippen molar-refractivity contribution in [2.75, 3.05) is 25.0 Å². The second-order valence-electron chi connectivity index (χ2n) is 9.27. The molecule has 30 heavy (non-hydrogen) atoms. The van der Waals surface area contributed by atoms with Crippen LogP contribution in [-0.2, 0) is 5.54 Å². The van der Waals surface area contributed by atoms with Crippen molar-refractivity contribution in [1.29, 1.82) is 0 Å². The molecule has 1 fully saturated rings. The standard InChI is InChI=1S/C27H40N2O/c1-6-15-28(5)27(23-9-8-10-26(30)20-23)13-11-24(12-14-27)29(16-7-2)25-18-21(3)17-22(4)19-25/h8-10,17-20,24,30H,6-7,11-16H2,1-5H3. The molecule has 0 saturated heterocycles. The smallest absolute Gasteiger partial charge is 0.115 e. The zero-order chi connectivity index (χ0) is 21.7. The zero-order valence-electron chi connectivity index (χ0n) is 19.6. The van der Waals surface area contributed by atoms with E-state index in [1.807, 2.05) is 12.1 Å². The summed E-state index contributed by atoms with van der Waals surface area (Å²) in [7, 11) is 2.27. The van der Waals surface area contributed by atoms with E-state index < -0.39 is 0 Å². The van der Waals surface area contributed by atoms with Crippen molar-refractivity contribution in [2.45, 2.75) is 77.8 Å². The molecule has 1 N–H and O–H groups in total. The summed E-state index contributed by atoms with van der Waals surface area (Å²) < 4.78 is 0. The van der Waals surface area contributed by atoms with E-state index in [1.54, 1.807) is 6.07 Å². The number of nitrogens with zero attached hydrogens (tertiary/aromatic N) is 2. The van der Waals surface area contributed by atoms with Gasteiger partial charge in [0.15, 0.2) is 0 Å². The van der Waals surface area contributed by atoms with Gasteiger partial charge in [0, 0.05) is 23.8 Å². The van der Waals surface area contributed by atoms with Crippen LogP contribution in [0.3, 0.4) is 0 Å². The Hall–Kier alpha value is -2.00. The van der Waals surface area contributed by atoms with Crippen molar-refractivity contribution in [3.8, 4) is 5.75 Å². The van der Waals surface area contributed by atoms with Crippen LogP contribution in [0.2, 0.25) is 0 Å². The second-order valence-corrected chi connectivity index (χ2v) is 9.27. The molecule has 1 saturated carbocycles. The van der Waals surface area contributed by atoms with E-state index in [4.69, 9.17) is 0 Å². The Morgan fingerprint density at radius 3 is 2.13 bits per heavy atom. The minimum atomic E-state index is 0.0195. The minimum absolute atomic E-state index is 0.0195. The molecule has 1 aliphatic carbocycles. The highest BCUT2D eigenvalue weighted by atomic mass is 16.3. The molecule has 0 radical (unpaired) electrons. The lowest BCUT2D eigenvalue weighted by Gasteiger charge is -2.49. The lowest BCUT2D eigenvalue weighted by atomic mass is 9.73. The van der Waals surface area contributed by atoms with Crippen LogP contribution in [0.1, 0.15) is 69.1 Å². The van der Waals surface area contributed by atoms with Gasteiger partial charge in [-0.05, 0) is 107 Å². The second kappa shape index (κ2) is 9.87. The number of benzene rings is 2. The van der Waals surface area contributed by atoms with Crippen LogP contribution >= 0.6 is 0 Å². The first-order chi connectivity index (χ1) is 14.4. The Kier molecular flexibility index (Phi) is 7.46. The number of aromatic hydroxyl groups is 1. The highest BCUT2D eigenvalue weighted by Crippen LogP contribution is 2.44. The number of aryl methyl sites for hydroxylation is 2. The molecule has 3 nitrogen and oxygen atoms in total. The SMILES string of the molecule is CCCN(c1cc(C)cc(C)c1)C1CCC(c2cccc(O)c2)(N(C)CCC)CC1. The fourth-order valence-corrected chi connectivity index (χ4v) is 5.51. The predicted octanol–water partition coefficient (Wildman–Crippen LogP) is 6.41. The fourth-order valence-electron chi connectivity index (χ4n) is 5.51. The van der Waals surface area contributed by atoms with Gasteiger partial charge in [0.2, 0.25) is 0 Å². The topological polar surface area (TPSA) is 26.7 Å². The average molecular weight is 409 g/mol. The van der Waals surface area contributed by atoms with Gasteiger partial charge in [-0.2, -0.15) is 0 Å². The third kappa shape index (κ3) is 4.83. The van der Waals surface area contributed by atoms with Gasteiger partial charge in [-0.15, -0.1) is 0 Å². The van der Waals surface area contributed by atoms with Gasteiger partial charge in [0.25, 0.3) is 0 Å². The summed E-state index contributed by atoms with van der Waals surface area (Å²) in [6, 6.07) is 15.5. The Bertz CT molecular complexity index is 803. The van der Waals surface area contributed by atoms with Gasteiger partial charge in [-0.25, -0.2) is 0 Å². The Balaban J connectivity index is 1.87. The Labute approximate surface area is 183 Å². The molecule has 164 valence electrons. The first kappa shape index (κ1) is 22.7. The number of hydrogen-bond acceptors (Lipinski definition) is 3. The summed E-state index contributed by atoms with van der Waals surface area (Å²) in [5, 5.41) is 10.2. The highest BCUT2D eigenvalue weighted by Gasteiger charge is 2.41. The molecule has 0 unspecified atom stereocenters. The number of hydrogen-bond donors (Lipinski definition) is 1. The number of phenols is 1. The molecule has 2 aromatic carbocycles. The first-order valence-corrected chi connectivity index (χ1v) is 11.7. The maximum Gasteiger partial charge on any atom is 0.115 e. The quantitative estimate of drug-likeness (QED) is 0.547. The molecular formula is C27H40N2O. The number of rotatable bonds is 8. The normalized spacial score (nSPS) is 21.7. The number of phenolic OH excluding ortho intramolecular Hbond substituents is 1. The van der Waals surface area contributed by atoms with Crippen molar-refractivity contribution in [3.63, 3.8) is 0 Å². The molecule has 0 bridgehead atoms. The van der Waals surface area contributed by atoms with E-state index in [9.17, 15) is 5.11 Å². The molecule has 0 spiro atoms. The first-order valence-electron chi connectivity index (χ1n) is 11.7. The third-order valence-electron chi connectivity index (χ3n) is 6.90. The molecule has 0 heterocycles. The van der Waals surface area contributed by atoms with Gasteiger partial charge in [0.05, 0.1) is 0 Å². The van der Waals surface area contributed by atoms with Crippen LogP contribution in [0.5, 0.6) is 5.75 Å². The van der Waals surface area contributed by atoms with E-state index in [0.29, 0.717) is 11.8 Å². The van der Waals surface area contributed by atoms with Gasteiger partial charge in [0.1, 0.15) is 5.75 Å². The Morgan fingerprint density at radius 2 is 1.57 bits per heavy atom. The molecule has 3 rings (SSSR count). The van der Waals surface area contributed by atoms with Crippen LogP contribution in [0.25, 0.3) is 0 Å². The summed E-state index contributed by atoms with van der Waals surface area (Å²) in [5.74, 6) is 0.377. The summed E-state index contributed by atoms with van der Waals surface area (Å²) in [5.41, 5.74) is 5.36. The van der Waals surface area contributed by atoms with Crippen LogP contribution in [0, 0.1) is 13.8 Å². The highest BCUT2D eigenvalue weighted by molar-refractivity contribution is 5.52.